The summed E-state index contributed by atoms with van der Waals surface area (Å²) in [6.07, 6.45) is 3.05. The van der Waals surface area contributed by atoms with Crippen LogP contribution in [0.1, 0.15) is 75.9 Å². The molecule has 3 aliphatic rings. The predicted molar refractivity (Wildman–Crippen MR) is 178 cm³/mol. The van der Waals surface area contributed by atoms with Crippen LogP contribution in [-0.2, 0) is 14.3 Å². The summed E-state index contributed by atoms with van der Waals surface area (Å²) in [4.78, 5) is 44.1. The van der Waals surface area contributed by atoms with Crippen LogP contribution in [0.4, 0.5) is 0 Å². The minimum Gasteiger partial charge on any atom is -0.482 e. The maximum Gasteiger partial charge on any atom is 0.345 e. The van der Waals surface area contributed by atoms with E-state index in [0.29, 0.717) is 17.5 Å². The van der Waals surface area contributed by atoms with E-state index in [-0.39, 0.29) is 41.5 Å². The molecule has 48 heavy (non-hydrogen) atoms. The third-order valence-corrected chi connectivity index (χ3v) is 11.9. The number of rotatable bonds is 5. The normalized spacial score (nSPS) is 32.2. The molecule has 2 aliphatic carbocycles. The summed E-state index contributed by atoms with van der Waals surface area (Å²) in [5.41, 5.74) is -1.98. The maximum atomic E-state index is 14.2. The number of hydrogen-bond donors (Lipinski definition) is 1. The van der Waals surface area contributed by atoms with Crippen LogP contribution >= 0.6 is 0 Å². The van der Waals surface area contributed by atoms with Crippen molar-refractivity contribution in [3.8, 4) is 17.1 Å². The number of benzene rings is 2. The van der Waals surface area contributed by atoms with Crippen LogP contribution in [0.5, 0.6) is 5.75 Å². The summed E-state index contributed by atoms with van der Waals surface area (Å²) < 4.78 is 24.8. The fourth-order valence-electron chi connectivity index (χ4n) is 9.29. The van der Waals surface area contributed by atoms with Crippen molar-refractivity contribution >= 4 is 22.7 Å². The van der Waals surface area contributed by atoms with Gasteiger partial charge in [-0.3, -0.25) is 9.78 Å². The Morgan fingerprint density at radius 2 is 1.83 bits per heavy atom. The fourth-order valence-corrected chi connectivity index (χ4v) is 9.29. The number of fused-ring (bicyclic) bond motifs is 5. The van der Waals surface area contributed by atoms with E-state index < -0.39 is 46.2 Å². The highest BCUT2D eigenvalue weighted by atomic mass is 16.6. The third-order valence-electron chi connectivity index (χ3n) is 11.9. The van der Waals surface area contributed by atoms with Gasteiger partial charge in [-0.25, -0.2) is 9.59 Å². The Hall–Kier alpha value is -4.50. The smallest absolute Gasteiger partial charge is 0.345 e. The van der Waals surface area contributed by atoms with Crippen LogP contribution in [-0.4, -0.2) is 40.3 Å². The average Bonchev–Trinajstić information content (AvgIpc) is 3.06. The molecular weight excluding hydrogens is 610 g/mol. The van der Waals surface area contributed by atoms with E-state index in [0.717, 1.165) is 23.6 Å². The summed E-state index contributed by atoms with van der Waals surface area (Å²) in [5, 5.41) is 14.0. The Morgan fingerprint density at radius 1 is 1.06 bits per heavy atom. The summed E-state index contributed by atoms with van der Waals surface area (Å²) in [5.74, 6) is -1.10. The molecule has 9 heteroatoms. The molecule has 2 fully saturated rings. The SMILES string of the molecule is CC(=O)OC[C@@]1(C)C2C[C@H](OC(=O)c3cccc4ccccc34)[C@@]3(C)Oc4cc(-c5cccnc5)oc(=O)c4[C@H](O)C3[C@@]2(C)CC[C@@H]1C. The van der Waals surface area contributed by atoms with Gasteiger partial charge >= 0.3 is 17.6 Å². The number of esters is 2. The molecule has 2 aromatic carbocycles. The van der Waals surface area contributed by atoms with Gasteiger partial charge in [-0.1, -0.05) is 57.2 Å². The second kappa shape index (κ2) is 11.6. The first kappa shape index (κ1) is 32.1. The van der Waals surface area contributed by atoms with Crippen LogP contribution in [0.2, 0.25) is 0 Å². The number of carbonyl (C=O) groups excluding carboxylic acids is 2. The van der Waals surface area contributed by atoms with Crippen molar-refractivity contribution < 1.29 is 33.3 Å². The molecule has 4 aromatic rings. The zero-order chi connectivity index (χ0) is 34.0. The quantitative estimate of drug-likeness (QED) is 0.229. The summed E-state index contributed by atoms with van der Waals surface area (Å²) in [6.45, 7) is 9.87. The second-order valence-corrected chi connectivity index (χ2v) is 14.6. The van der Waals surface area contributed by atoms with Gasteiger partial charge in [0.15, 0.2) is 0 Å². The first-order valence-electron chi connectivity index (χ1n) is 16.6. The number of nitrogens with zero attached hydrogens (tertiary/aromatic N) is 1. The van der Waals surface area contributed by atoms with Gasteiger partial charge in [0.2, 0.25) is 0 Å². The number of aliphatic hydroxyl groups is 1. The molecule has 2 saturated carbocycles. The van der Waals surface area contributed by atoms with Gasteiger partial charge in [0.25, 0.3) is 0 Å². The summed E-state index contributed by atoms with van der Waals surface area (Å²) >= 11 is 0. The molecule has 0 bridgehead atoms. The summed E-state index contributed by atoms with van der Waals surface area (Å²) in [6, 6.07) is 18.3. The molecule has 2 aromatic heterocycles. The predicted octanol–water partition coefficient (Wildman–Crippen LogP) is 6.91. The first-order chi connectivity index (χ1) is 22.9. The van der Waals surface area contributed by atoms with Crippen molar-refractivity contribution in [2.45, 2.75) is 71.7 Å². The minimum atomic E-state index is -1.28. The van der Waals surface area contributed by atoms with Gasteiger partial charge in [0.05, 0.1) is 18.3 Å². The zero-order valence-electron chi connectivity index (χ0n) is 27.9. The molecule has 0 saturated heterocycles. The number of hydrogen-bond acceptors (Lipinski definition) is 9. The Kier molecular flexibility index (Phi) is 7.74. The lowest BCUT2D eigenvalue weighted by Gasteiger charge is -2.66. The van der Waals surface area contributed by atoms with Crippen LogP contribution in [0, 0.1) is 28.6 Å². The molecule has 0 spiro atoms. The van der Waals surface area contributed by atoms with E-state index in [1.54, 1.807) is 36.7 Å². The van der Waals surface area contributed by atoms with Crippen molar-refractivity contribution in [1.82, 2.24) is 4.98 Å². The summed E-state index contributed by atoms with van der Waals surface area (Å²) in [7, 11) is 0. The number of ether oxygens (including phenoxy) is 3. The number of aliphatic hydroxyl groups excluding tert-OH is 1. The van der Waals surface area contributed by atoms with E-state index in [1.165, 1.54) is 6.92 Å². The number of aromatic nitrogens is 1. The maximum absolute atomic E-state index is 14.2. The molecule has 0 radical (unpaired) electrons. The number of carbonyl (C=O) groups is 2. The lowest BCUT2D eigenvalue weighted by Crippen LogP contribution is -2.70. The third kappa shape index (κ3) is 4.93. The van der Waals surface area contributed by atoms with Gasteiger partial charge in [-0.05, 0) is 72.4 Å². The average molecular weight is 652 g/mol. The Morgan fingerprint density at radius 3 is 2.58 bits per heavy atom. The van der Waals surface area contributed by atoms with Crippen molar-refractivity contribution in [2.75, 3.05) is 6.61 Å². The zero-order valence-corrected chi connectivity index (χ0v) is 27.9. The van der Waals surface area contributed by atoms with Crippen LogP contribution in [0.3, 0.4) is 0 Å². The van der Waals surface area contributed by atoms with Gasteiger partial charge in [0, 0.05) is 42.3 Å². The lowest BCUT2D eigenvalue weighted by molar-refractivity contribution is -0.257. The van der Waals surface area contributed by atoms with E-state index >= 15 is 0 Å². The number of pyridine rings is 1. The second-order valence-electron chi connectivity index (χ2n) is 14.6. The molecule has 7 rings (SSSR count). The first-order valence-corrected chi connectivity index (χ1v) is 16.6. The molecule has 2 unspecified atom stereocenters. The topological polar surface area (TPSA) is 125 Å². The van der Waals surface area contributed by atoms with Crippen LogP contribution in [0.15, 0.2) is 82.3 Å². The fraction of sp³-hybridized carbons (Fsp3) is 0.436. The monoisotopic (exact) mass is 651 g/mol. The van der Waals surface area contributed by atoms with E-state index in [2.05, 4.69) is 25.8 Å². The molecule has 1 aliphatic heterocycles. The van der Waals surface area contributed by atoms with Crippen LogP contribution < -0.4 is 10.4 Å². The Labute approximate surface area is 279 Å². The Balaban J connectivity index is 1.37. The largest absolute Gasteiger partial charge is 0.482 e. The lowest BCUT2D eigenvalue weighted by atomic mass is 9.41. The molecule has 9 nitrogen and oxygen atoms in total. The van der Waals surface area contributed by atoms with Gasteiger partial charge in [-0.2, -0.15) is 0 Å². The van der Waals surface area contributed by atoms with E-state index in [9.17, 15) is 19.5 Å². The highest BCUT2D eigenvalue weighted by Gasteiger charge is 2.70. The molecule has 8 atom stereocenters. The minimum absolute atomic E-state index is 0.0476. The molecule has 1 N–H and O–H groups in total. The van der Waals surface area contributed by atoms with Crippen molar-refractivity contribution in [3.63, 3.8) is 0 Å². The van der Waals surface area contributed by atoms with E-state index in [1.807, 2.05) is 43.3 Å². The highest BCUT2D eigenvalue weighted by molar-refractivity contribution is 6.04. The van der Waals surface area contributed by atoms with Crippen molar-refractivity contribution in [1.29, 1.82) is 0 Å². The highest BCUT2D eigenvalue weighted by Crippen LogP contribution is 2.68. The van der Waals surface area contributed by atoms with E-state index in [4.69, 9.17) is 18.6 Å². The standard InChI is InChI=1S/C39H41NO8/c1-22-15-16-37(3)30(38(22,4)21-45-23(2)41)19-31(47-35(43)27-14-8-11-24-10-6-7-13-26(24)27)39(5)34(37)33(42)32-29(48-39)18-28(46-36(32)44)25-12-9-17-40-20-25/h6-14,17-18,20,22,30-31,33-34,42H,15-16,19,21H2,1-5H3/t22-,30?,31-,33-,34?,37-,38+,39+/m0/s1. The van der Waals surface area contributed by atoms with Crippen molar-refractivity contribution in [2.24, 2.45) is 28.6 Å². The van der Waals surface area contributed by atoms with Crippen LogP contribution in [0.25, 0.3) is 22.1 Å². The molecule has 0 amide bonds. The van der Waals surface area contributed by atoms with Gasteiger partial charge in [-0.15, -0.1) is 0 Å². The van der Waals surface area contributed by atoms with Gasteiger partial charge in [0.1, 0.15) is 28.8 Å². The van der Waals surface area contributed by atoms with Crippen molar-refractivity contribution in [3.05, 3.63) is 94.6 Å². The molecule has 3 heterocycles. The Bertz CT molecular complexity index is 1950. The van der Waals surface area contributed by atoms with Gasteiger partial charge < -0.3 is 23.7 Å². The molecule has 250 valence electrons. The molecular formula is C39H41NO8.